The highest BCUT2D eigenvalue weighted by molar-refractivity contribution is 6.08. The Hall–Kier alpha value is -1.92. The third kappa shape index (κ3) is 2.71. The number of esters is 1. The van der Waals surface area contributed by atoms with E-state index in [0.29, 0.717) is 24.1 Å². The normalized spacial score (nSPS) is 20.1. The van der Waals surface area contributed by atoms with Crippen LogP contribution < -0.4 is 4.90 Å². The fourth-order valence-corrected chi connectivity index (χ4v) is 2.67. The predicted octanol–water partition coefficient (Wildman–Crippen LogP) is 1.21. The molecule has 0 saturated heterocycles. The number of aliphatic hydroxyl groups is 1. The van der Waals surface area contributed by atoms with E-state index in [9.17, 15) is 14.7 Å². The first-order chi connectivity index (χ1) is 10.6. The zero-order chi connectivity index (χ0) is 16.2. The summed E-state index contributed by atoms with van der Waals surface area (Å²) in [6.45, 7) is 1.36. The number of para-hydroxylation sites is 1. The third-order valence-electron chi connectivity index (χ3n) is 3.83. The Kier molecular flexibility index (Phi) is 5.15. The van der Waals surface area contributed by atoms with Gasteiger partial charge in [-0.15, -0.1) is 0 Å². The second-order valence-electron chi connectivity index (χ2n) is 5.32. The van der Waals surface area contributed by atoms with Crippen molar-refractivity contribution in [1.29, 1.82) is 0 Å². The average molecular weight is 307 g/mol. The molecule has 1 aromatic carbocycles. The van der Waals surface area contributed by atoms with Gasteiger partial charge >= 0.3 is 5.97 Å². The number of hydrogen-bond acceptors (Lipinski definition) is 5. The Labute approximate surface area is 129 Å². The van der Waals surface area contributed by atoms with Crippen molar-refractivity contribution in [3.8, 4) is 0 Å². The van der Waals surface area contributed by atoms with E-state index in [1.54, 1.807) is 18.2 Å². The minimum Gasteiger partial charge on any atom is -0.464 e. The summed E-state index contributed by atoms with van der Waals surface area (Å²) >= 11 is 0. The number of fused-ring (bicyclic) bond motifs is 1. The Balaban J connectivity index is 2.33. The lowest BCUT2D eigenvalue weighted by Gasteiger charge is -2.26. The van der Waals surface area contributed by atoms with Gasteiger partial charge in [-0.1, -0.05) is 25.1 Å². The molecule has 6 heteroatoms. The lowest BCUT2D eigenvalue weighted by atomic mass is 9.83. The molecule has 1 aliphatic heterocycles. The minimum absolute atomic E-state index is 0.0838. The van der Waals surface area contributed by atoms with Crippen LogP contribution in [0.25, 0.3) is 0 Å². The maximum atomic E-state index is 12.8. The van der Waals surface area contributed by atoms with E-state index < -0.39 is 12.0 Å². The van der Waals surface area contributed by atoms with Gasteiger partial charge in [0.2, 0.25) is 5.91 Å². The number of rotatable bonds is 7. The molecule has 1 unspecified atom stereocenters. The number of benzene rings is 1. The zero-order valence-corrected chi connectivity index (χ0v) is 12.9. The smallest absolute Gasteiger partial charge is 0.305 e. The van der Waals surface area contributed by atoms with E-state index in [1.165, 1.54) is 12.0 Å². The molecule has 0 aromatic heterocycles. The molecule has 22 heavy (non-hydrogen) atoms. The van der Waals surface area contributed by atoms with Gasteiger partial charge in [-0.05, 0) is 18.1 Å². The first-order valence-corrected chi connectivity index (χ1v) is 7.27. The van der Waals surface area contributed by atoms with Gasteiger partial charge in [0.15, 0.2) is 0 Å². The van der Waals surface area contributed by atoms with E-state index in [1.807, 2.05) is 13.0 Å². The lowest BCUT2D eigenvalue weighted by molar-refractivity contribution is -0.148. The molecule has 0 radical (unpaired) electrons. The van der Waals surface area contributed by atoms with Crippen LogP contribution in [0, 0.1) is 0 Å². The number of methoxy groups -OCH3 is 1. The van der Waals surface area contributed by atoms with Gasteiger partial charge in [0.25, 0.3) is 0 Å². The summed E-state index contributed by atoms with van der Waals surface area (Å²) in [5.41, 5.74) is 0.0807. The number of aliphatic hydroxyl groups excluding tert-OH is 1. The highest BCUT2D eigenvalue weighted by Gasteiger charge is 2.51. The Morgan fingerprint density at radius 3 is 2.73 bits per heavy atom. The number of ether oxygens (including phenoxy) is 2. The second kappa shape index (κ2) is 6.89. The molecule has 120 valence electrons. The fraction of sp³-hybridized carbons (Fsp3) is 0.500. The maximum absolute atomic E-state index is 12.8. The number of amides is 1. The topological polar surface area (TPSA) is 76.1 Å². The van der Waals surface area contributed by atoms with Crippen LogP contribution in [-0.2, 0) is 24.5 Å². The standard InChI is InChI=1S/C16H21NO5/c1-3-6-14(19)22-10-16(9-18)12-7-4-5-8-13(12)17(11-21-2)15(16)20/h4-5,7-8,18H,3,6,9-11H2,1-2H3. The molecule has 1 amide bonds. The fourth-order valence-electron chi connectivity index (χ4n) is 2.67. The summed E-state index contributed by atoms with van der Waals surface area (Å²) in [4.78, 5) is 25.9. The average Bonchev–Trinajstić information content (AvgIpc) is 2.76. The Bertz CT molecular complexity index is 559. The first-order valence-electron chi connectivity index (χ1n) is 7.27. The van der Waals surface area contributed by atoms with Crippen LogP contribution in [0.3, 0.4) is 0 Å². The number of hydrogen-bond donors (Lipinski definition) is 1. The van der Waals surface area contributed by atoms with Gasteiger partial charge in [0.05, 0.1) is 12.3 Å². The van der Waals surface area contributed by atoms with E-state index in [-0.39, 0.29) is 25.2 Å². The van der Waals surface area contributed by atoms with Crippen molar-refractivity contribution in [1.82, 2.24) is 0 Å². The van der Waals surface area contributed by atoms with Crippen LogP contribution in [0.1, 0.15) is 25.3 Å². The van der Waals surface area contributed by atoms with Crippen LogP contribution in [-0.4, -0.2) is 44.0 Å². The van der Waals surface area contributed by atoms with Crippen LogP contribution in [0.2, 0.25) is 0 Å². The second-order valence-corrected chi connectivity index (χ2v) is 5.32. The summed E-state index contributed by atoms with van der Waals surface area (Å²) < 4.78 is 10.3. The zero-order valence-electron chi connectivity index (χ0n) is 12.9. The molecule has 1 atom stereocenters. The van der Waals surface area contributed by atoms with Crippen molar-refractivity contribution < 1.29 is 24.2 Å². The minimum atomic E-state index is -1.25. The molecule has 1 N–H and O–H groups in total. The van der Waals surface area contributed by atoms with Crippen molar-refractivity contribution in [3.05, 3.63) is 29.8 Å². The van der Waals surface area contributed by atoms with Crippen molar-refractivity contribution in [2.45, 2.75) is 25.2 Å². The van der Waals surface area contributed by atoms with Crippen molar-refractivity contribution >= 4 is 17.6 Å². The van der Waals surface area contributed by atoms with E-state index in [2.05, 4.69) is 0 Å². The van der Waals surface area contributed by atoms with Gasteiger partial charge < -0.3 is 14.6 Å². The Morgan fingerprint density at radius 2 is 2.09 bits per heavy atom. The number of carbonyl (C=O) groups excluding carboxylic acids is 2. The molecule has 1 heterocycles. The summed E-state index contributed by atoms with van der Waals surface area (Å²) in [6, 6.07) is 7.16. The predicted molar refractivity (Wildman–Crippen MR) is 80.4 cm³/mol. The van der Waals surface area contributed by atoms with Crippen LogP contribution in [0.5, 0.6) is 0 Å². The quantitative estimate of drug-likeness (QED) is 0.766. The molecule has 0 fully saturated rings. The number of carbonyl (C=O) groups is 2. The molecule has 1 aromatic rings. The van der Waals surface area contributed by atoms with Crippen molar-refractivity contribution in [2.75, 3.05) is 32.0 Å². The van der Waals surface area contributed by atoms with Crippen molar-refractivity contribution in [2.24, 2.45) is 0 Å². The monoisotopic (exact) mass is 307 g/mol. The molecular formula is C16H21NO5. The Morgan fingerprint density at radius 1 is 1.36 bits per heavy atom. The molecular weight excluding hydrogens is 286 g/mol. The summed E-state index contributed by atoms with van der Waals surface area (Å²) in [7, 11) is 1.50. The molecule has 6 nitrogen and oxygen atoms in total. The molecule has 0 bridgehead atoms. The van der Waals surface area contributed by atoms with E-state index >= 15 is 0 Å². The molecule has 2 rings (SSSR count). The van der Waals surface area contributed by atoms with Crippen LogP contribution in [0.15, 0.2) is 24.3 Å². The summed E-state index contributed by atoms with van der Waals surface area (Å²) in [5, 5.41) is 9.88. The molecule has 1 aliphatic rings. The van der Waals surface area contributed by atoms with Crippen LogP contribution >= 0.6 is 0 Å². The summed E-state index contributed by atoms with van der Waals surface area (Å²) in [6.07, 6.45) is 0.963. The first kappa shape index (κ1) is 16.5. The van der Waals surface area contributed by atoms with Gasteiger partial charge in [-0.2, -0.15) is 0 Å². The molecule has 0 saturated carbocycles. The largest absolute Gasteiger partial charge is 0.464 e. The third-order valence-corrected chi connectivity index (χ3v) is 3.83. The van der Waals surface area contributed by atoms with Crippen LogP contribution in [0.4, 0.5) is 5.69 Å². The van der Waals surface area contributed by atoms with E-state index in [0.717, 1.165) is 0 Å². The lowest BCUT2D eigenvalue weighted by Crippen LogP contribution is -2.47. The maximum Gasteiger partial charge on any atom is 0.305 e. The SMILES string of the molecule is CCCC(=O)OCC1(CO)C(=O)N(COC)c2ccccc21. The van der Waals surface area contributed by atoms with Gasteiger partial charge in [-0.3, -0.25) is 14.5 Å². The van der Waals surface area contributed by atoms with Gasteiger partial charge in [0, 0.05) is 13.5 Å². The number of nitrogens with zero attached hydrogens (tertiary/aromatic N) is 1. The molecule has 0 aliphatic carbocycles. The van der Waals surface area contributed by atoms with Crippen molar-refractivity contribution in [3.63, 3.8) is 0 Å². The highest BCUT2D eigenvalue weighted by Crippen LogP contribution is 2.41. The van der Waals surface area contributed by atoms with Gasteiger partial charge in [0.1, 0.15) is 18.8 Å². The highest BCUT2D eigenvalue weighted by atomic mass is 16.5. The molecule has 0 spiro atoms. The summed E-state index contributed by atoms with van der Waals surface area (Å²) in [5.74, 6) is -0.687. The van der Waals surface area contributed by atoms with E-state index in [4.69, 9.17) is 9.47 Å². The number of anilines is 1. The van der Waals surface area contributed by atoms with Gasteiger partial charge in [-0.25, -0.2) is 0 Å².